The molecular formula is C104H85Cl2F3N10O20S. The third-order valence-corrected chi connectivity index (χ3v) is 19.2. The van der Waals surface area contributed by atoms with E-state index in [1.807, 2.05) is 165 Å². The van der Waals surface area contributed by atoms with E-state index >= 15 is 0 Å². The highest BCUT2D eigenvalue weighted by molar-refractivity contribution is 7.86. The molecule has 3 aromatic heterocycles. The summed E-state index contributed by atoms with van der Waals surface area (Å²) in [6, 6.07) is 108. The Labute approximate surface area is 814 Å². The van der Waals surface area contributed by atoms with Crippen LogP contribution in [0.15, 0.2) is 414 Å². The van der Waals surface area contributed by atoms with Crippen molar-refractivity contribution in [3.8, 4) is 11.5 Å². The van der Waals surface area contributed by atoms with Crippen molar-refractivity contribution in [2.24, 2.45) is 38.0 Å². The first-order valence-electron chi connectivity index (χ1n) is 41.4. The number of nitrogens with zero attached hydrogens (tertiary/aromatic N) is 9. The van der Waals surface area contributed by atoms with Gasteiger partial charge in [-0.25, -0.2) is 41.8 Å². The van der Waals surface area contributed by atoms with Gasteiger partial charge in [-0.05, 0) is 120 Å². The highest BCUT2D eigenvalue weighted by Crippen LogP contribution is 2.30. The van der Waals surface area contributed by atoms with E-state index in [4.69, 9.17) is 58.2 Å². The summed E-state index contributed by atoms with van der Waals surface area (Å²) in [5.41, 5.74) is 5.89. The summed E-state index contributed by atoms with van der Waals surface area (Å²) in [6.45, 7) is 2.48. The fraction of sp³-hybridized carbons (Fsp3) is 0.0769. The van der Waals surface area contributed by atoms with Gasteiger partial charge in [-0.3, -0.25) is 24.4 Å². The highest BCUT2D eigenvalue weighted by Gasteiger charge is 2.37. The standard InChI is InChI=1S/C21H16N2O3.2C19H14N2O2.C18H17NO5.C16H12ClNO2.C10H11N2O3.CHF3O3S.ClH/c24-20(17-12-6-2-7-13-17)22-19(16-10-4-1-5-11-16)23-26-21(25)18-14-8-3-9-15-18;2*22-19(16-11-5-2-6-12-16)23-21-18(15-9-3-1-4-10-15)17-13-7-8-14-20-17;1-12(20)17(13-8-5-4-6-9-13)19-24-18(21)16-14(22-2)10-7-11-15(16)23-3;17-14-7-3-6-13(8-14)16(19)20-18-15-9-11-4-1-2-5-12(11)10-15;1-8(13)10(14)15-11-7-9-5-3-4-6-12(9)2;2-1(3,4)8(5,6)7;/h1-15H,(H,22,23,24);2*1-14H;4-11H,1-3H3;1-8H,9-10H2;3-7H,1-2H3;(H,5,6,7);1H/q;;;;;+1;;/p-1/b;2*21-18+;19-17+;;11-7+;;. The van der Waals surface area contributed by atoms with Crippen molar-refractivity contribution in [2.45, 2.75) is 32.2 Å². The average Bonchev–Trinajstić information content (AvgIpc) is 1.14. The van der Waals surface area contributed by atoms with E-state index in [0.717, 1.165) is 42.3 Å². The second-order valence-electron chi connectivity index (χ2n) is 28.2. The number of ketones is 2. The number of oxime groups is 6. The fourth-order valence-corrected chi connectivity index (χ4v) is 11.7. The molecule has 1 amide bonds. The minimum atomic E-state index is -6.09. The van der Waals surface area contributed by atoms with Crippen LogP contribution in [0.4, 0.5) is 13.2 Å². The van der Waals surface area contributed by atoms with Crippen LogP contribution in [0.5, 0.6) is 11.5 Å². The molecule has 0 saturated carbocycles. The van der Waals surface area contributed by atoms with Crippen LogP contribution in [0.3, 0.4) is 0 Å². The van der Waals surface area contributed by atoms with Crippen molar-refractivity contribution >= 4 is 110 Å². The van der Waals surface area contributed by atoms with E-state index in [0.29, 0.717) is 78.3 Å². The number of carbonyl (C=O) groups is 9. The summed E-state index contributed by atoms with van der Waals surface area (Å²) < 4.78 is 71.0. The zero-order valence-electron chi connectivity index (χ0n) is 75.9. The molecule has 0 atom stereocenters. The molecule has 0 fully saturated rings. The fourth-order valence-electron chi connectivity index (χ4n) is 11.6. The maximum atomic E-state index is 12.4. The maximum absolute atomic E-state index is 12.4. The molecule has 14 aromatic rings. The Morgan fingerprint density at radius 3 is 1.18 bits per heavy atom. The van der Waals surface area contributed by atoms with Gasteiger partial charge in [0.2, 0.25) is 11.5 Å². The molecule has 1 aliphatic carbocycles. The third kappa shape index (κ3) is 35.3. The summed E-state index contributed by atoms with van der Waals surface area (Å²) in [5, 5.41) is 26.3. The van der Waals surface area contributed by atoms with Gasteiger partial charge < -0.3 is 60.8 Å². The van der Waals surface area contributed by atoms with Gasteiger partial charge in [-0.15, -0.1) is 0 Å². The monoisotopic (exact) mass is 1950 g/mol. The van der Waals surface area contributed by atoms with Crippen LogP contribution in [-0.4, -0.2) is 131 Å². The van der Waals surface area contributed by atoms with Gasteiger partial charge in [0.15, 0.2) is 33.6 Å². The summed E-state index contributed by atoms with van der Waals surface area (Å²) in [5.74, 6) is -4.45. The zero-order chi connectivity index (χ0) is 99.7. The number of Topliss-reactive ketones (excluding diaryl/α,β-unsaturated/α-hetero) is 2. The number of aryl methyl sites for hydroxylation is 1. The minimum Gasteiger partial charge on any atom is -1.00 e. The SMILES string of the molecule is CC(=O)C(=O)O/N=C/c1cccc[n+]1C.COc1cccc(OC)c1C(=O)O/N=C(\C(C)=O)c1ccccc1.O=C(N/C(=N\OC(=O)c1ccccc1)c1ccccc1)c1ccccc1.O=C(O/N=C(\c1ccccc1)c1ccccn1)c1ccccc1.O=C(O/N=C(\c1ccccc1)c1ccccn1)c1ccccc1.O=C(ON=C1Cc2ccccc2C1)c1cccc(Cl)c1.O=S(=O)([O-])C(F)(F)F.[Cl-].[H+]. The largest absolute Gasteiger partial charge is 1.00 e. The Balaban J connectivity index is 0.000000227. The molecule has 1 aliphatic rings. The van der Waals surface area contributed by atoms with E-state index in [9.17, 15) is 56.3 Å². The highest BCUT2D eigenvalue weighted by atomic mass is 35.5. The quantitative estimate of drug-likeness (QED) is 0.00908. The Kier molecular flexibility index (Phi) is 43.5. The minimum absolute atomic E-state index is 0. The van der Waals surface area contributed by atoms with Crippen LogP contribution in [0.2, 0.25) is 5.02 Å². The predicted molar refractivity (Wildman–Crippen MR) is 511 cm³/mol. The number of methoxy groups -OCH3 is 2. The first-order chi connectivity index (χ1) is 67.1. The number of fused-ring (bicyclic) bond motifs is 1. The number of carbonyl (C=O) groups excluding carboxylic acids is 9. The van der Waals surface area contributed by atoms with Gasteiger partial charge in [-0.1, -0.05) is 285 Å². The summed E-state index contributed by atoms with van der Waals surface area (Å²) in [6.07, 6.45) is 8.01. The third-order valence-electron chi connectivity index (χ3n) is 18.4. The molecule has 0 bridgehead atoms. The van der Waals surface area contributed by atoms with Crippen LogP contribution < -0.4 is 31.8 Å². The summed E-state index contributed by atoms with van der Waals surface area (Å²) in [4.78, 5) is 144. The number of hydrogen-bond acceptors (Lipinski definition) is 28. The van der Waals surface area contributed by atoms with Gasteiger partial charge in [0.25, 0.3) is 5.91 Å². The molecule has 30 nitrogen and oxygen atoms in total. The van der Waals surface area contributed by atoms with E-state index in [1.165, 1.54) is 38.5 Å². The number of amides is 1. The number of nitrogens with one attached hydrogen (secondary N) is 1. The maximum Gasteiger partial charge on any atom is 1.00 e. The lowest BCUT2D eigenvalue weighted by Crippen LogP contribution is -3.00. The molecule has 11 aromatic carbocycles. The van der Waals surface area contributed by atoms with Gasteiger partial charge in [0.05, 0.1) is 53.6 Å². The summed E-state index contributed by atoms with van der Waals surface area (Å²) in [7, 11) is -1.40. The van der Waals surface area contributed by atoms with Gasteiger partial charge in [0.1, 0.15) is 41.7 Å². The number of rotatable bonds is 23. The molecule has 0 unspecified atom stereocenters. The predicted octanol–water partition coefficient (Wildman–Crippen LogP) is 14.7. The van der Waals surface area contributed by atoms with E-state index in [1.54, 1.807) is 217 Å². The van der Waals surface area contributed by atoms with Crippen molar-refractivity contribution < 1.29 is 126 Å². The Morgan fingerprint density at radius 2 is 0.786 bits per heavy atom. The molecule has 3 heterocycles. The molecule has 0 radical (unpaired) electrons. The molecule has 15 rings (SSSR count). The molecule has 0 saturated heterocycles. The van der Waals surface area contributed by atoms with Crippen molar-refractivity contribution in [3.63, 3.8) is 0 Å². The summed E-state index contributed by atoms with van der Waals surface area (Å²) >= 11 is 5.83. The van der Waals surface area contributed by atoms with Crippen molar-refractivity contribution in [1.29, 1.82) is 0 Å². The number of benzene rings is 11. The Bertz CT molecular complexity index is 6540. The van der Waals surface area contributed by atoms with Crippen LogP contribution in [0.25, 0.3) is 0 Å². The van der Waals surface area contributed by atoms with Crippen LogP contribution in [-0.2, 0) is 73.4 Å². The number of pyridine rings is 3. The second-order valence-corrected chi connectivity index (χ2v) is 30.0. The van der Waals surface area contributed by atoms with Gasteiger partial charge in [0, 0.05) is 84.1 Å². The van der Waals surface area contributed by atoms with Crippen LogP contribution >= 0.6 is 11.6 Å². The second kappa shape index (κ2) is 56.6. The molecule has 140 heavy (non-hydrogen) atoms. The number of halogens is 5. The first kappa shape index (κ1) is 108. The average molecular weight is 1950 g/mol. The molecule has 0 spiro atoms. The Morgan fingerprint density at radius 1 is 0.421 bits per heavy atom. The number of alkyl halides is 3. The van der Waals surface area contributed by atoms with E-state index in [-0.39, 0.29) is 42.6 Å². The normalized spacial score (nSPS) is 11.3. The topological polar surface area (TPSA) is 401 Å². The number of amidine groups is 1. The molecule has 0 aliphatic heterocycles. The molecule has 1 N–H and O–H groups in total. The van der Waals surface area contributed by atoms with Gasteiger partial charge in [-0.2, -0.15) is 13.2 Å². The van der Waals surface area contributed by atoms with E-state index in [2.05, 4.69) is 63.2 Å². The first-order valence-corrected chi connectivity index (χ1v) is 43.1. The number of ether oxygens (including phenoxy) is 2. The Hall–Kier alpha value is -17.6. The lowest BCUT2D eigenvalue weighted by molar-refractivity contribution is -0.672. The molecular weight excluding hydrogens is 1870 g/mol. The molecule has 712 valence electrons. The van der Waals surface area contributed by atoms with Crippen LogP contribution in [0.1, 0.15) is 128 Å². The lowest BCUT2D eigenvalue weighted by atomic mass is 10.1. The zero-order valence-corrected chi connectivity index (χ0v) is 77.2. The van der Waals surface area contributed by atoms with Crippen molar-refractivity contribution in [2.75, 3.05) is 14.2 Å². The van der Waals surface area contributed by atoms with Crippen molar-refractivity contribution in [1.82, 2.24) is 15.3 Å². The number of aromatic nitrogens is 3. The van der Waals surface area contributed by atoms with Gasteiger partial charge >= 0.3 is 42.8 Å². The smallest absolute Gasteiger partial charge is 1.00 e. The molecule has 36 heteroatoms. The lowest BCUT2D eigenvalue weighted by Gasteiger charge is -2.10. The van der Waals surface area contributed by atoms with E-state index < -0.39 is 57.2 Å². The van der Waals surface area contributed by atoms with Crippen molar-refractivity contribution in [3.05, 3.63) is 471 Å². The number of hydrogen-bond donors (Lipinski definition) is 1. The van der Waals surface area contributed by atoms with Crippen LogP contribution in [0, 0.1) is 0 Å².